The maximum atomic E-state index is 11.9. The monoisotopic (exact) mass is 284 g/mol. The fourth-order valence-electron chi connectivity index (χ4n) is 1.74. The van der Waals surface area contributed by atoms with Crippen LogP contribution in [0.3, 0.4) is 0 Å². The number of nitrogens with one attached hydrogen (secondary N) is 3. The first kappa shape index (κ1) is 14.5. The van der Waals surface area contributed by atoms with E-state index < -0.39 is 6.03 Å². The van der Waals surface area contributed by atoms with E-state index in [-0.39, 0.29) is 11.6 Å². The van der Waals surface area contributed by atoms with Crippen LogP contribution in [0.2, 0.25) is 0 Å². The Morgan fingerprint density at radius 1 is 1.00 bits per heavy atom. The molecule has 108 valence electrons. The zero-order valence-electron chi connectivity index (χ0n) is 11.8. The van der Waals surface area contributed by atoms with Crippen molar-refractivity contribution < 1.29 is 9.59 Å². The molecule has 3 amide bonds. The first-order valence-corrected chi connectivity index (χ1v) is 6.43. The number of hydrogen-bond acceptors (Lipinski definition) is 3. The number of pyridine rings is 1. The molecule has 21 heavy (non-hydrogen) atoms. The molecule has 2 rings (SSSR count). The summed E-state index contributed by atoms with van der Waals surface area (Å²) in [5.74, 6) is 0.000135. The predicted octanol–water partition coefficient (Wildman–Crippen LogP) is 2.39. The van der Waals surface area contributed by atoms with Crippen molar-refractivity contribution >= 4 is 23.4 Å². The van der Waals surface area contributed by atoms with Gasteiger partial charge in [0.1, 0.15) is 11.5 Å². The summed E-state index contributed by atoms with van der Waals surface area (Å²) in [6, 6.07) is 11.9. The number of amides is 3. The van der Waals surface area contributed by atoms with E-state index in [0.29, 0.717) is 5.82 Å². The third-order valence-electron chi connectivity index (χ3n) is 2.84. The lowest BCUT2D eigenvalue weighted by Gasteiger charge is -2.09. The topological polar surface area (TPSA) is 83.1 Å². The molecule has 0 atom stereocenters. The zero-order valence-corrected chi connectivity index (χ0v) is 11.8. The summed E-state index contributed by atoms with van der Waals surface area (Å²) in [5, 5.41) is 7.81. The molecule has 0 aliphatic carbocycles. The third kappa shape index (κ3) is 3.79. The van der Waals surface area contributed by atoms with E-state index in [1.54, 1.807) is 18.2 Å². The minimum absolute atomic E-state index is 0.242. The van der Waals surface area contributed by atoms with E-state index in [9.17, 15) is 9.59 Å². The van der Waals surface area contributed by atoms with Crippen molar-refractivity contribution in [1.29, 1.82) is 0 Å². The van der Waals surface area contributed by atoms with Gasteiger partial charge in [-0.25, -0.2) is 9.78 Å². The number of aryl methyl sites for hydroxylation is 1. The van der Waals surface area contributed by atoms with Crippen LogP contribution in [-0.4, -0.2) is 24.0 Å². The molecule has 0 radical (unpaired) electrons. The molecule has 6 heteroatoms. The number of anilines is 2. The number of urea groups is 1. The van der Waals surface area contributed by atoms with Crippen LogP contribution in [0.25, 0.3) is 0 Å². The van der Waals surface area contributed by atoms with Crippen molar-refractivity contribution in [2.45, 2.75) is 6.92 Å². The number of para-hydroxylation sites is 1. The quantitative estimate of drug-likeness (QED) is 0.809. The molecule has 0 saturated carbocycles. The minimum Gasteiger partial charge on any atom is -0.354 e. The van der Waals surface area contributed by atoms with Crippen molar-refractivity contribution in [3.8, 4) is 0 Å². The highest BCUT2D eigenvalue weighted by Crippen LogP contribution is 2.13. The van der Waals surface area contributed by atoms with Gasteiger partial charge in [0, 0.05) is 12.7 Å². The summed E-state index contributed by atoms with van der Waals surface area (Å²) in [5.41, 5.74) is 1.92. The van der Waals surface area contributed by atoms with Crippen LogP contribution in [-0.2, 0) is 0 Å². The smallest absolute Gasteiger partial charge is 0.324 e. The predicted molar refractivity (Wildman–Crippen MR) is 81.4 cm³/mol. The fourth-order valence-corrected chi connectivity index (χ4v) is 1.74. The average molecular weight is 284 g/mol. The van der Waals surface area contributed by atoms with E-state index in [1.807, 2.05) is 31.2 Å². The minimum atomic E-state index is -0.411. The molecule has 1 aromatic carbocycles. The lowest BCUT2D eigenvalue weighted by Crippen LogP contribution is -2.23. The van der Waals surface area contributed by atoms with E-state index in [2.05, 4.69) is 20.9 Å². The van der Waals surface area contributed by atoms with Crippen LogP contribution < -0.4 is 16.0 Å². The van der Waals surface area contributed by atoms with E-state index in [0.717, 1.165) is 11.3 Å². The molecule has 3 N–H and O–H groups in total. The second kappa shape index (κ2) is 6.51. The zero-order chi connectivity index (χ0) is 15.2. The molecule has 1 aromatic heterocycles. The molecule has 6 nitrogen and oxygen atoms in total. The molecule has 0 saturated heterocycles. The van der Waals surface area contributed by atoms with Gasteiger partial charge in [0.2, 0.25) is 0 Å². The van der Waals surface area contributed by atoms with Gasteiger partial charge in [-0.15, -0.1) is 0 Å². The van der Waals surface area contributed by atoms with E-state index >= 15 is 0 Å². The van der Waals surface area contributed by atoms with Crippen LogP contribution in [0.5, 0.6) is 0 Å². The van der Waals surface area contributed by atoms with Gasteiger partial charge in [-0.2, -0.15) is 0 Å². The molecule has 0 unspecified atom stereocenters. The van der Waals surface area contributed by atoms with Crippen molar-refractivity contribution in [2.24, 2.45) is 0 Å². The summed E-state index contributed by atoms with van der Waals surface area (Å²) in [6.07, 6.45) is 0. The van der Waals surface area contributed by atoms with Gasteiger partial charge in [-0.3, -0.25) is 10.1 Å². The Hall–Kier alpha value is -2.89. The van der Waals surface area contributed by atoms with Crippen molar-refractivity contribution in [2.75, 3.05) is 17.7 Å². The average Bonchev–Trinajstić information content (AvgIpc) is 2.49. The molecule has 0 bridgehead atoms. The number of hydrogen-bond donors (Lipinski definition) is 3. The molecular formula is C15H16N4O2. The first-order valence-electron chi connectivity index (χ1n) is 6.43. The largest absolute Gasteiger partial charge is 0.354 e. The summed E-state index contributed by atoms with van der Waals surface area (Å²) >= 11 is 0. The summed E-state index contributed by atoms with van der Waals surface area (Å²) < 4.78 is 0. The number of benzene rings is 1. The van der Waals surface area contributed by atoms with Crippen LogP contribution in [0.1, 0.15) is 16.1 Å². The molecule has 0 spiro atoms. The summed E-state index contributed by atoms with van der Waals surface area (Å²) in [6.45, 7) is 1.90. The highest BCUT2D eigenvalue weighted by atomic mass is 16.2. The Morgan fingerprint density at radius 3 is 2.48 bits per heavy atom. The Kier molecular flexibility index (Phi) is 4.50. The standard InChI is InChI=1S/C15H16N4O2/c1-10-6-3-4-7-11(10)18-15(21)19-13-9-5-8-12(17-13)14(20)16-2/h3-9H,1-2H3,(H,16,20)(H2,17,18,19,21). The second-order valence-electron chi connectivity index (χ2n) is 4.38. The number of carbonyl (C=O) groups is 2. The van der Waals surface area contributed by atoms with Crippen molar-refractivity contribution in [1.82, 2.24) is 10.3 Å². The van der Waals surface area contributed by atoms with E-state index in [4.69, 9.17) is 0 Å². The van der Waals surface area contributed by atoms with Gasteiger partial charge in [0.05, 0.1) is 0 Å². The van der Waals surface area contributed by atoms with Crippen LogP contribution in [0, 0.1) is 6.92 Å². The van der Waals surface area contributed by atoms with Crippen LogP contribution >= 0.6 is 0 Å². The SMILES string of the molecule is CNC(=O)c1cccc(NC(=O)Nc2ccccc2C)n1. The molecule has 0 aliphatic heterocycles. The Labute approximate surface area is 122 Å². The highest BCUT2D eigenvalue weighted by Gasteiger charge is 2.08. The third-order valence-corrected chi connectivity index (χ3v) is 2.84. The first-order chi connectivity index (χ1) is 10.1. The maximum Gasteiger partial charge on any atom is 0.324 e. The lowest BCUT2D eigenvalue weighted by atomic mass is 10.2. The fraction of sp³-hybridized carbons (Fsp3) is 0.133. The maximum absolute atomic E-state index is 11.9. The summed E-state index contributed by atoms with van der Waals surface area (Å²) in [7, 11) is 1.52. The summed E-state index contributed by atoms with van der Waals surface area (Å²) in [4.78, 5) is 27.5. The Bertz CT molecular complexity index is 670. The molecule has 0 fully saturated rings. The van der Waals surface area contributed by atoms with Gasteiger partial charge >= 0.3 is 6.03 Å². The normalized spacial score (nSPS) is 9.81. The van der Waals surface area contributed by atoms with Crippen LogP contribution in [0.15, 0.2) is 42.5 Å². The lowest BCUT2D eigenvalue weighted by molar-refractivity contribution is 0.0958. The number of carbonyl (C=O) groups excluding carboxylic acids is 2. The van der Waals surface area contributed by atoms with Gasteiger partial charge in [0.15, 0.2) is 0 Å². The van der Waals surface area contributed by atoms with Crippen LogP contribution in [0.4, 0.5) is 16.3 Å². The van der Waals surface area contributed by atoms with Crippen molar-refractivity contribution in [3.63, 3.8) is 0 Å². The molecule has 1 heterocycles. The van der Waals surface area contributed by atoms with Crippen molar-refractivity contribution in [3.05, 3.63) is 53.7 Å². The van der Waals surface area contributed by atoms with Gasteiger partial charge < -0.3 is 10.6 Å². The Balaban J connectivity index is 2.06. The molecule has 0 aliphatic rings. The van der Waals surface area contributed by atoms with Gasteiger partial charge in [0.25, 0.3) is 5.91 Å². The number of rotatable bonds is 3. The van der Waals surface area contributed by atoms with Gasteiger partial charge in [-0.05, 0) is 30.7 Å². The van der Waals surface area contributed by atoms with E-state index in [1.165, 1.54) is 7.05 Å². The molecule has 2 aromatic rings. The highest BCUT2D eigenvalue weighted by molar-refractivity contribution is 6.00. The number of nitrogens with zero attached hydrogens (tertiary/aromatic N) is 1. The molecular weight excluding hydrogens is 268 g/mol. The Morgan fingerprint density at radius 2 is 1.76 bits per heavy atom. The second-order valence-corrected chi connectivity index (χ2v) is 4.38. The van der Waals surface area contributed by atoms with Gasteiger partial charge in [-0.1, -0.05) is 24.3 Å². The number of aromatic nitrogens is 1.